The van der Waals surface area contributed by atoms with Crippen molar-refractivity contribution in [3.8, 4) is 0 Å². The van der Waals surface area contributed by atoms with E-state index < -0.39 is 0 Å². The Labute approximate surface area is 109 Å². The molecule has 1 aliphatic rings. The molecular formula is C15H21NO2. The summed E-state index contributed by atoms with van der Waals surface area (Å²) in [6, 6.07) is 7.76. The zero-order chi connectivity index (χ0) is 12.8. The first-order valence-corrected chi connectivity index (χ1v) is 6.68. The van der Waals surface area contributed by atoms with E-state index in [9.17, 15) is 4.79 Å². The van der Waals surface area contributed by atoms with E-state index in [1.54, 1.807) is 7.11 Å². The lowest BCUT2D eigenvalue weighted by atomic mass is 10.1. The highest BCUT2D eigenvalue weighted by atomic mass is 16.5. The van der Waals surface area contributed by atoms with Crippen molar-refractivity contribution in [1.82, 2.24) is 4.90 Å². The van der Waals surface area contributed by atoms with Gasteiger partial charge in [-0.25, -0.2) is 0 Å². The average Bonchev–Trinajstić information content (AvgIpc) is 2.67. The standard InChI is InChI=1S/C15H21NO2/c1-18-12-13-7-6-8-14(11-13)15(17)16-9-4-2-3-5-10-16/h6-8,11H,2-5,9-10,12H2,1H3. The second kappa shape index (κ2) is 6.55. The maximum absolute atomic E-state index is 12.4. The summed E-state index contributed by atoms with van der Waals surface area (Å²) in [4.78, 5) is 14.4. The van der Waals surface area contributed by atoms with E-state index in [0.717, 1.165) is 37.1 Å². The van der Waals surface area contributed by atoms with Crippen LogP contribution in [0, 0.1) is 0 Å². The number of hydrogen-bond acceptors (Lipinski definition) is 2. The fourth-order valence-corrected chi connectivity index (χ4v) is 2.42. The Kier molecular flexibility index (Phi) is 4.76. The first-order chi connectivity index (χ1) is 8.81. The number of likely N-dealkylation sites (tertiary alicyclic amines) is 1. The van der Waals surface area contributed by atoms with E-state index in [0.29, 0.717) is 6.61 Å². The van der Waals surface area contributed by atoms with Gasteiger partial charge in [-0.1, -0.05) is 25.0 Å². The smallest absolute Gasteiger partial charge is 0.253 e. The summed E-state index contributed by atoms with van der Waals surface area (Å²) in [7, 11) is 1.67. The molecule has 1 aromatic rings. The third kappa shape index (κ3) is 3.33. The molecule has 1 fully saturated rings. The van der Waals surface area contributed by atoms with Gasteiger partial charge in [0.25, 0.3) is 5.91 Å². The van der Waals surface area contributed by atoms with E-state index in [4.69, 9.17) is 4.74 Å². The fraction of sp³-hybridized carbons (Fsp3) is 0.533. The van der Waals surface area contributed by atoms with Crippen LogP contribution in [0.1, 0.15) is 41.6 Å². The van der Waals surface area contributed by atoms with Crippen LogP contribution in [0.25, 0.3) is 0 Å². The molecule has 3 nitrogen and oxygen atoms in total. The van der Waals surface area contributed by atoms with Gasteiger partial charge in [0.05, 0.1) is 6.61 Å². The van der Waals surface area contributed by atoms with Gasteiger partial charge in [-0.05, 0) is 30.5 Å². The molecule has 1 aliphatic heterocycles. The molecule has 3 heteroatoms. The summed E-state index contributed by atoms with van der Waals surface area (Å²) in [5.41, 5.74) is 1.84. The van der Waals surface area contributed by atoms with E-state index >= 15 is 0 Å². The van der Waals surface area contributed by atoms with Crippen LogP contribution >= 0.6 is 0 Å². The highest BCUT2D eigenvalue weighted by Gasteiger charge is 2.17. The van der Waals surface area contributed by atoms with Gasteiger partial charge in [0.1, 0.15) is 0 Å². The minimum absolute atomic E-state index is 0.162. The third-order valence-corrected chi connectivity index (χ3v) is 3.38. The molecule has 1 heterocycles. The number of hydrogen-bond donors (Lipinski definition) is 0. The van der Waals surface area contributed by atoms with Crippen molar-refractivity contribution in [2.75, 3.05) is 20.2 Å². The molecule has 0 unspecified atom stereocenters. The summed E-state index contributed by atoms with van der Waals surface area (Å²) in [6.07, 6.45) is 4.74. The predicted molar refractivity (Wildman–Crippen MR) is 71.5 cm³/mol. The van der Waals surface area contributed by atoms with Gasteiger partial charge >= 0.3 is 0 Å². The van der Waals surface area contributed by atoms with Crippen molar-refractivity contribution in [3.63, 3.8) is 0 Å². The van der Waals surface area contributed by atoms with Crippen molar-refractivity contribution >= 4 is 5.91 Å². The van der Waals surface area contributed by atoms with Crippen LogP contribution in [0.2, 0.25) is 0 Å². The van der Waals surface area contributed by atoms with Gasteiger partial charge in [-0.15, -0.1) is 0 Å². The molecule has 0 saturated carbocycles. The Morgan fingerprint density at radius 1 is 1.22 bits per heavy atom. The number of nitrogens with zero attached hydrogens (tertiary/aromatic N) is 1. The van der Waals surface area contributed by atoms with Gasteiger partial charge in [0.15, 0.2) is 0 Å². The molecule has 98 valence electrons. The molecule has 0 aromatic heterocycles. The van der Waals surface area contributed by atoms with E-state index in [2.05, 4.69) is 0 Å². The quantitative estimate of drug-likeness (QED) is 0.822. The Morgan fingerprint density at radius 2 is 1.94 bits per heavy atom. The summed E-state index contributed by atoms with van der Waals surface area (Å²) in [5.74, 6) is 0.162. The molecule has 0 bridgehead atoms. The largest absolute Gasteiger partial charge is 0.380 e. The monoisotopic (exact) mass is 247 g/mol. The number of carbonyl (C=O) groups excluding carboxylic acids is 1. The van der Waals surface area contributed by atoms with Crippen molar-refractivity contribution in [2.24, 2.45) is 0 Å². The predicted octanol–water partition coefficient (Wildman–Crippen LogP) is 2.85. The van der Waals surface area contributed by atoms with Gasteiger partial charge in [-0.2, -0.15) is 0 Å². The highest BCUT2D eigenvalue weighted by molar-refractivity contribution is 5.94. The second-order valence-electron chi connectivity index (χ2n) is 4.84. The maximum Gasteiger partial charge on any atom is 0.253 e. The average molecular weight is 247 g/mol. The second-order valence-corrected chi connectivity index (χ2v) is 4.84. The Hall–Kier alpha value is -1.35. The molecule has 18 heavy (non-hydrogen) atoms. The Bertz CT molecular complexity index is 395. The van der Waals surface area contributed by atoms with Crippen molar-refractivity contribution in [1.29, 1.82) is 0 Å². The molecule has 0 radical (unpaired) electrons. The van der Waals surface area contributed by atoms with E-state index in [1.165, 1.54) is 12.8 Å². The van der Waals surface area contributed by atoms with Crippen molar-refractivity contribution in [2.45, 2.75) is 32.3 Å². The molecule has 0 atom stereocenters. The van der Waals surface area contributed by atoms with Crippen molar-refractivity contribution < 1.29 is 9.53 Å². The van der Waals surface area contributed by atoms with Crippen LogP contribution < -0.4 is 0 Å². The molecule has 1 aromatic carbocycles. The van der Waals surface area contributed by atoms with Gasteiger partial charge in [-0.3, -0.25) is 4.79 Å². The molecular weight excluding hydrogens is 226 g/mol. The van der Waals surface area contributed by atoms with E-state index in [-0.39, 0.29) is 5.91 Å². The lowest BCUT2D eigenvalue weighted by Gasteiger charge is -2.20. The normalized spacial score (nSPS) is 16.4. The number of rotatable bonds is 3. The van der Waals surface area contributed by atoms with E-state index in [1.807, 2.05) is 29.2 Å². The van der Waals surface area contributed by atoms with Crippen LogP contribution in [0.15, 0.2) is 24.3 Å². The van der Waals surface area contributed by atoms with Crippen molar-refractivity contribution in [3.05, 3.63) is 35.4 Å². The molecule has 2 rings (SSSR count). The van der Waals surface area contributed by atoms with Gasteiger partial charge < -0.3 is 9.64 Å². The summed E-state index contributed by atoms with van der Waals surface area (Å²) >= 11 is 0. The summed E-state index contributed by atoms with van der Waals surface area (Å²) in [6.45, 7) is 2.35. The van der Waals surface area contributed by atoms with Crippen LogP contribution in [-0.2, 0) is 11.3 Å². The van der Waals surface area contributed by atoms with Gasteiger partial charge in [0, 0.05) is 25.8 Å². The zero-order valence-corrected chi connectivity index (χ0v) is 11.0. The molecule has 0 N–H and O–H groups in total. The lowest BCUT2D eigenvalue weighted by Crippen LogP contribution is -2.31. The van der Waals surface area contributed by atoms with Crippen LogP contribution in [0.3, 0.4) is 0 Å². The first kappa shape index (κ1) is 13.1. The molecule has 1 amide bonds. The number of ether oxygens (including phenoxy) is 1. The maximum atomic E-state index is 12.4. The van der Waals surface area contributed by atoms with Crippen LogP contribution in [0.5, 0.6) is 0 Å². The summed E-state index contributed by atoms with van der Waals surface area (Å²) in [5, 5.41) is 0. The molecule has 1 saturated heterocycles. The number of methoxy groups -OCH3 is 1. The SMILES string of the molecule is COCc1cccc(C(=O)N2CCCCCC2)c1. The fourth-order valence-electron chi connectivity index (χ4n) is 2.42. The van der Waals surface area contributed by atoms with Crippen LogP contribution in [-0.4, -0.2) is 31.0 Å². The molecule has 0 spiro atoms. The Balaban J connectivity index is 2.09. The third-order valence-electron chi connectivity index (χ3n) is 3.38. The van der Waals surface area contributed by atoms with Crippen LogP contribution in [0.4, 0.5) is 0 Å². The van der Waals surface area contributed by atoms with Gasteiger partial charge in [0.2, 0.25) is 0 Å². The molecule has 0 aliphatic carbocycles. The highest BCUT2D eigenvalue weighted by Crippen LogP contribution is 2.14. The first-order valence-electron chi connectivity index (χ1n) is 6.68. The number of benzene rings is 1. The number of amides is 1. The minimum Gasteiger partial charge on any atom is -0.380 e. The number of carbonyl (C=O) groups is 1. The summed E-state index contributed by atoms with van der Waals surface area (Å²) < 4.78 is 5.10. The minimum atomic E-state index is 0.162. The lowest BCUT2D eigenvalue weighted by molar-refractivity contribution is 0.0761. The zero-order valence-electron chi connectivity index (χ0n) is 11.0. The Morgan fingerprint density at radius 3 is 2.61 bits per heavy atom. The topological polar surface area (TPSA) is 29.5 Å².